The number of hydrogen-bond donors (Lipinski definition) is 1. The summed E-state index contributed by atoms with van der Waals surface area (Å²) in [6.07, 6.45) is 2.36. The van der Waals surface area contributed by atoms with Gasteiger partial charge in [-0.1, -0.05) is 11.6 Å². The maximum atomic E-state index is 10.0. The van der Waals surface area contributed by atoms with E-state index in [2.05, 4.69) is 16.9 Å². The molecular weight excluding hydrogens is 264 g/mol. The summed E-state index contributed by atoms with van der Waals surface area (Å²) in [6, 6.07) is 3.19. The van der Waals surface area contributed by atoms with Crippen LogP contribution < -0.4 is 4.74 Å². The zero-order valence-corrected chi connectivity index (χ0v) is 12.2. The van der Waals surface area contributed by atoms with Crippen molar-refractivity contribution < 1.29 is 9.84 Å². The molecule has 1 aliphatic heterocycles. The van der Waals surface area contributed by atoms with E-state index in [0.29, 0.717) is 16.3 Å². The number of methoxy groups -OCH3 is 1. The summed E-state index contributed by atoms with van der Waals surface area (Å²) in [7, 11) is 3.60. The van der Waals surface area contributed by atoms with Gasteiger partial charge in [0.2, 0.25) is 0 Å². The lowest BCUT2D eigenvalue weighted by atomic mass is 10.1. The molecule has 2 rings (SSSR count). The third kappa shape index (κ3) is 2.85. The molecule has 1 saturated heterocycles. The minimum absolute atomic E-state index is 0.142. The Balaban J connectivity index is 2.40. The molecule has 0 aromatic heterocycles. The van der Waals surface area contributed by atoms with Crippen LogP contribution in [0.15, 0.2) is 17.1 Å². The second kappa shape index (κ2) is 5.80. The largest absolute Gasteiger partial charge is 0.507 e. The number of benzene rings is 1. The molecule has 19 heavy (non-hydrogen) atoms. The van der Waals surface area contributed by atoms with E-state index in [1.807, 2.05) is 6.92 Å². The fourth-order valence-corrected chi connectivity index (χ4v) is 2.67. The smallest absolute Gasteiger partial charge is 0.150 e. The van der Waals surface area contributed by atoms with Gasteiger partial charge >= 0.3 is 0 Å². The molecule has 0 saturated carbocycles. The second-order valence-corrected chi connectivity index (χ2v) is 5.20. The molecular formula is C14H19ClN2O2. The van der Waals surface area contributed by atoms with Crippen molar-refractivity contribution in [3.63, 3.8) is 0 Å². The number of likely N-dealkylation sites (tertiary alicyclic amines) is 1. The van der Waals surface area contributed by atoms with Crippen molar-refractivity contribution in [3.8, 4) is 11.5 Å². The highest BCUT2D eigenvalue weighted by Gasteiger charge is 2.22. The molecule has 0 spiro atoms. The molecule has 1 heterocycles. The van der Waals surface area contributed by atoms with Crippen molar-refractivity contribution in [2.75, 3.05) is 20.7 Å². The fraction of sp³-hybridized carbons (Fsp3) is 0.500. The summed E-state index contributed by atoms with van der Waals surface area (Å²) in [5, 5.41) is 10.5. The number of rotatable bonds is 3. The normalized spacial score (nSPS) is 20.8. The maximum Gasteiger partial charge on any atom is 0.150 e. The molecule has 1 unspecified atom stereocenters. The number of phenols is 1. The fourth-order valence-electron chi connectivity index (χ4n) is 2.44. The maximum absolute atomic E-state index is 10.0. The Labute approximate surface area is 118 Å². The van der Waals surface area contributed by atoms with Gasteiger partial charge < -0.3 is 9.84 Å². The number of nitrogens with zero attached hydrogens (tertiary/aromatic N) is 2. The molecule has 1 N–H and O–H groups in total. The van der Waals surface area contributed by atoms with Gasteiger partial charge in [0, 0.05) is 5.71 Å². The topological polar surface area (TPSA) is 45.1 Å². The molecule has 0 amide bonds. The third-order valence-corrected chi connectivity index (χ3v) is 3.78. The highest BCUT2D eigenvalue weighted by atomic mass is 35.5. The van der Waals surface area contributed by atoms with Gasteiger partial charge in [0.15, 0.2) is 0 Å². The van der Waals surface area contributed by atoms with Crippen molar-refractivity contribution >= 4 is 17.3 Å². The average molecular weight is 283 g/mol. The molecule has 104 valence electrons. The summed E-state index contributed by atoms with van der Waals surface area (Å²) in [4.78, 5) is 6.89. The van der Waals surface area contributed by atoms with Crippen molar-refractivity contribution in [1.29, 1.82) is 0 Å². The van der Waals surface area contributed by atoms with Gasteiger partial charge in [-0.25, -0.2) is 0 Å². The lowest BCUT2D eigenvalue weighted by molar-refractivity contribution is 0.320. The summed E-state index contributed by atoms with van der Waals surface area (Å²) < 4.78 is 5.28. The Kier molecular flexibility index (Phi) is 4.32. The molecule has 4 nitrogen and oxygen atoms in total. The quantitative estimate of drug-likeness (QED) is 0.867. The number of phenolic OH excluding ortho intramolecular Hbond substituents is 1. The average Bonchev–Trinajstić information content (AvgIpc) is 2.77. The number of hydrogen-bond acceptors (Lipinski definition) is 4. The van der Waals surface area contributed by atoms with Gasteiger partial charge in [-0.15, -0.1) is 0 Å². The first kappa shape index (κ1) is 14.2. The van der Waals surface area contributed by atoms with Crippen molar-refractivity contribution in [2.24, 2.45) is 4.99 Å². The van der Waals surface area contributed by atoms with Crippen LogP contribution in [0.2, 0.25) is 5.02 Å². The molecule has 0 radical (unpaired) electrons. The number of aromatic hydroxyl groups is 1. The molecule has 0 aliphatic carbocycles. The lowest BCUT2D eigenvalue weighted by Gasteiger charge is -2.17. The predicted molar refractivity (Wildman–Crippen MR) is 77.5 cm³/mol. The van der Waals surface area contributed by atoms with Gasteiger partial charge in [0.25, 0.3) is 0 Å². The van der Waals surface area contributed by atoms with E-state index in [-0.39, 0.29) is 11.9 Å². The van der Waals surface area contributed by atoms with Gasteiger partial charge in [-0.05, 0) is 45.5 Å². The Morgan fingerprint density at radius 3 is 2.84 bits per heavy atom. The van der Waals surface area contributed by atoms with E-state index >= 15 is 0 Å². The zero-order chi connectivity index (χ0) is 14.0. The first-order chi connectivity index (χ1) is 9.04. The molecule has 1 aromatic carbocycles. The predicted octanol–water partition coefficient (Wildman–Crippen LogP) is 2.91. The van der Waals surface area contributed by atoms with E-state index < -0.39 is 0 Å². The summed E-state index contributed by atoms with van der Waals surface area (Å²) in [5.41, 5.74) is 1.32. The molecule has 0 bridgehead atoms. The van der Waals surface area contributed by atoms with Crippen LogP contribution in [0.5, 0.6) is 11.5 Å². The van der Waals surface area contributed by atoms with E-state index in [4.69, 9.17) is 16.3 Å². The summed E-state index contributed by atoms with van der Waals surface area (Å²) >= 11 is 6.09. The monoisotopic (exact) mass is 282 g/mol. The van der Waals surface area contributed by atoms with Crippen LogP contribution in [-0.4, -0.2) is 42.6 Å². The first-order valence-corrected chi connectivity index (χ1v) is 6.73. The van der Waals surface area contributed by atoms with Crippen LogP contribution in [0.3, 0.4) is 0 Å². The van der Waals surface area contributed by atoms with Crippen LogP contribution >= 0.6 is 11.6 Å². The minimum atomic E-state index is 0.142. The van der Waals surface area contributed by atoms with Gasteiger partial charge in [-0.3, -0.25) is 9.89 Å². The van der Waals surface area contributed by atoms with Crippen LogP contribution in [0, 0.1) is 0 Å². The second-order valence-electron chi connectivity index (χ2n) is 4.79. The first-order valence-electron chi connectivity index (χ1n) is 6.35. The summed E-state index contributed by atoms with van der Waals surface area (Å²) in [6.45, 7) is 2.93. The Bertz CT molecular complexity index is 502. The number of ether oxygens (including phenoxy) is 1. The summed E-state index contributed by atoms with van der Waals surface area (Å²) in [5.74, 6) is 0.617. The Hall–Kier alpha value is -1.26. The molecule has 1 atom stereocenters. The number of halogens is 1. The third-order valence-electron chi connectivity index (χ3n) is 3.48. The van der Waals surface area contributed by atoms with E-state index in [9.17, 15) is 5.11 Å². The molecule has 1 fully saturated rings. The van der Waals surface area contributed by atoms with E-state index in [0.717, 1.165) is 25.1 Å². The van der Waals surface area contributed by atoms with E-state index in [1.165, 1.54) is 0 Å². The molecule has 5 heteroatoms. The van der Waals surface area contributed by atoms with Gasteiger partial charge in [0.1, 0.15) is 17.7 Å². The minimum Gasteiger partial charge on any atom is -0.507 e. The Morgan fingerprint density at radius 1 is 1.53 bits per heavy atom. The van der Waals surface area contributed by atoms with Crippen LogP contribution in [-0.2, 0) is 0 Å². The van der Waals surface area contributed by atoms with Crippen molar-refractivity contribution in [3.05, 3.63) is 22.7 Å². The van der Waals surface area contributed by atoms with Crippen molar-refractivity contribution in [1.82, 2.24) is 4.90 Å². The standard InChI is InChI=1S/C14H19ClN2O2/c1-9(16-12-5-4-8-17(12)2)13-11(18)7-6-10(15)14(13)19-3/h6-7,12,18H,4-5,8H2,1-3H3. The van der Waals surface area contributed by atoms with Gasteiger partial charge in [0.05, 0.1) is 17.7 Å². The highest BCUT2D eigenvalue weighted by Crippen LogP contribution is 2.35. The van der Waals surface area contributed by atoms with Crippen LogP contribution in [0.1, 0.15) is 25.3 Å². The van der Waals surface area contributed by atoms with E-state index in [1.54, 1.807) is 19.2 Å². The molecule has 1 aromatic rings. The Morgan fingerprint density at radius 2 is 2.26 bits per heavy atom. The van der Waals surface area contributed by atoms with Crippen LogP contribution in [0.4, 0.5) is 0 Å². The SMILES string of the molecule is COc1c(Cl)ccc(O)c1C(C)=NC1CCCN1C. The molecule has 1 aliphatic rings. The zero-order valence-electron chi connectivity index (χ0n) is 11.5. The van der Waals surface area contributed by atoms with Gasteiger partial charge in [-0.2, -0.15) is 0 Å². The highest BCUT2D eigenvalue weighted by molar-refractivity contribution is 6.33. The lowest BCUT2D eigenvalue weighted by Crippen LogP contribution is -2.24. The number of aliphatic imine (C=N–C) groups is 1. The van der Waals surface area contributed by atoms with Crippen LogP contribution in [0.25, 0.3) is 0 Å². The van der Waals surface area contributed by atoms with Crippen molar-refractivity contribution in [2.45, 2.75) is 25.9 Å².